The molecule has 0 spiro atoms. The summed E-state index contributed by atoms with van der Waals surface area (Å²) >= 11 is 0. The van der Waals surface area contributed by atoms with Gasteiger partial charge in [0, 0.05) is 39.8 Å². The zero-order valence-electron chi connectivity index (χ0n) is 27.3. The number of nitrogens with zero attached hydrogens (tertiary/aromatic N) is 2. The van der Waals surface area contributed by atoms with Gasteiger partial charge in [0.2, 0.25) is 0 Å². The van der Waals surface area contributed by atoms with Crippen molar-refractivity contribution >= 4 is 65.8 Å². The van der Waals surface area contributed by atoms with Gasteiger partial charge in [0.15, 0.2) is 0 Å². The van der Waals surface area contributed by atoms with E-state index in [2.05, 4.69) is 199 Å². The molecular weight excluding hydrogens is 593 g/mol. The van der Waals surface area contributed by atoms with Gasteiger partial charge in [-0.1, -0.05) is 133 Å². The molecule has 0 saturated heterocycles. The number of hydrogen-bond donors (Lipinski definition) is 0. The van der Waals surface area contributed by atoms with Gasteiger partial charge in [-0.3, -0.25) is 0 Å². The standard InChI is InChI=1S/C47H34N2/c1-47-31-35(27-29-44(47)42-23-11-12-24-46(42)49(47)45-25-13-15-32-14-5-6-18-36(32)45)48(33-16-3-2-4-17-33)34-26-28-41-39-21-8-7-19-37(39)38-20-9-10-22-40(38)43(41)30-34/h2-31,44H,1H3. The first kappa shape index (κ1) is 27.9. The molecule has 1 aliphatic carbocycles. The summed E-state index contributed by atoms with van der Waals surface area (Å²) in [4.78, 5) is 5.02. The molecule has 1 aliphatic heterocycles. The predicted octanol–water partition coefficient (Wildman–Crippen LogP) is 12.6. The van der Waals surface area contributed by atoms with Crippen LogP contribution in [-0.2, 0) is 0 Å². The van der Waals surface area contributed by atoms with Gasteiger partial charge in [-0.25, -0.2) is 0 Å². The van der Waals surface area contributed by atoms with E-state index in [0.717, 1.165) is 17.1 Å². The molecule has 0 N–H and O–H groups in total. The Morgan fingerprint density at radius 3 is 1.82 bits per heavy atom. The molecule has 0 radical (unpaired) electrons. The molecule has 49 heavy (non-hydrogen) atoms. The molecule has 2 atom stereocenters. The second-order valence-electron chi connectivity index (χ2n) is 13.5. The average molecular weight is 627 g/mol. The number of para-hydroxylation sites is 2. The minimum atomic E-state index is -0.343. The number of anilines is 4. The summed E-state index contributed by atoms with van der Waals surface area (Å²) in [5.74, 6) is 0.205. The van der Waals surface area contributed by atoms with E-state index in [1.165, 1.54) is 60.0 Å². The SMILES string of the molecule is CC12C=C(N(c3ccccc3)c3ccc4c5ccccc5c5ccccc5c4c3)C=CC1c1ccccc1N2c1cccc2ccccc12. The quantitative estimate of drug-likeness (QED) is 0.179. The first-order chi connectivity index (χ1) is 24.2. The average Bonchev–Trinajstić information content (AvgIpc) is 3.42. The fraction of sp³-hybridized carbons (Fsp3) is 0.0638. The van der Waals surface area contributed by atoms with Crippen molar-refractivity contribution in [3.63, 3.8) is 0 Å². The van der Waals surface area contributed by atoms with Crippen LogP contribution in [0.15, 0.2) is 188 Å². The summed E-state index contributed by atoms with van der Waals surface area (Å²) in [5.41, 5.74) is 6.96. The second-order valence-corrected chi connectivity index (χ2v) is 13.5. The van der Waals surface area contributed by atoms with Crippen LogP contribution in [0.25, 0.3) is 43.1 Å². The molecule has 2 aliphatic rings. The van der Waals surface area contributed by atoms with E-state index in [1.807, 2.05) is 0 Å². The summed E-state index contributed by atoms with van der Waals surface area (Å²) < 4.78 is 0. The smallest absolute Gasteiger partial charge is 0.0732 e. The number of allylic oxidation sites excluding steroid dienone is 1. The maximum Gasteiger partial charge on any atom is 0.0732 e. The molecule has 2 nitrogen and oxygen atoms in total. The maximum absolute atomic E-state index is 2.59. The van der Waals surface area contributed by atoms with E-state index in [4.69, 9.17) is 0 Å². The number of benzene rings is 8. The molecule has 0 aromatic heterocycles. The molecular formula is C47H34N2. The lowest BCUT2D eigenvalue weighted by Crippen LogP contribution is -2.43. The van der Waals surface area contributed by atoms with Crippen LogP contribution in [0.3, 0.4) is 0 Å². The third kappa shape index (κ3) is 4.14. The molecule has 0 fully saturated rings. The Kier molecular flexibility index (Phi) is 6.10. The Morgan fingerprint density at radius 2 is 1.06 bits per heavy atom. The lowest BCUT2D eigenvalue weighted by Gasteiger charge is -2.42. The van der Waals surface area contributed by atoms with Crippen LogP contribution in [0.5, 0.6) is 0 Å². The lowest BCUT2D eigenvalue weighted by molar-refractivity contribution is 0.538. The Morgan fingerprint density at radius 1 is 0.490 bits per heavy atom. The second kappa shape index (κ2) is 10.7. The van der Waals surface area contributed by atoms with E-state index in [9.17, 15) is 0 Å². The van der Waals surface area contributed by atoms with Crippen molar-refractivity contribution in [1.29, 1.82) is 0 Å². The van der Waals surface area contributed by atoms with E-state index in [1.54, 1.807) is 0 Å². The van der Waals surface area contributed by atoms with Gasteiger partial charge in [0.1, 0.15) is 0 Å². The predicted molar refractivity (Wildman–Crippen MR) is 208 cm³/mol. The van der Waals surface area contributed by atoms with Crippen LogP contribution >= 0.6 is 0 Å². The largest absolute Gasteiger partial charge is 0.330 e. The van der Waals surface area contributed by atoms with E-state index in [0.29, 0.717) is 0 Å². The Labute approximate surface area is 286 Å². The number of rotatable bonds is 4. The fourth-order valence-electron chi connectivity index (χ4n) is 8.65. The molecule has 10 rings (SSSR count). The van der Waals surface area contributed by atoms with Crippen molar-refractivity contribution in [1.82, 2.24) is 0 Å². The highest BCUT2D eigenvalue weighted by Gasteiger charge is 2.48. The monoisotopic (exact) mass is 626 g/mol. The summed E-state index contributed by atoms with van der Waals surface area (Å²) in [5, 5.41) is 10.2. The topological polar surface area (TPSA) is 6.48 Å². The Balaban J connectivity index is 1.20. The van der Waals surface area contributed by atoms with Gasteiger partial charge >= 0.3 is 0 Å². The van der Waals surface area contributed by atoms with Crippen LogP contribution in [0.2, 0.25) is 0 Å². The number of fused-ring (bicyclic) bond motifs is 10. The van der Waals surface area contributed by atoms with Crippen molar-refractivity contribution in [3.8, 4) is 0 Å². The van der Waals surface area contributed by atoms with Gasteiger partial charge in [0.05, 0.1) is 5.54 Å². The molecule has 0 amide bonds. The highest BCUT2D eigenvalue weighted by Crippen LogP contribution is 2.56. The molecule has 8 aromatic rings. The van der Waals surface area contributed by atoms with Crippen molar-refractivity contribution in [3.05, 3.63) is 193 Å². The van der Waals surface area contributed by atoms with Crippen LogP contribution < -0.4 is 9.80 Å². The third-order valence-electron chi connectivity index (χ3n) is 10.8. The van der Waals surface area contributed by atoms with Gasteiger partial charge in [-0.15, -0.1) is 0 Å². The summed E-state index contributed by atoms with van der Waals surface area (Å²) in [6.07, 6.45) is 7.28. The zero-order valence-corrected chi connectivity index (χ0v) is 27.3. The Bertz CT molecular complexity index is 2610. The van der Waals surface area contributed by atoms with Crippen molar-refractivity contribution in [2.45, 2.75) is 18.4 Å². The fourth-order valence-corrected chi connectivity index (χ4v) is 8.65. The first-order valence-corrected chi connectivity index (χ1v) is 17.2. The molecule has 2 unspecified atom stereocenters. The van der Waals surface area contributed by atoms with E-state index in [-0.39, 0.29) is 11.5 Å². The van der Waals surface area contributed by atoms with E-state index >= 15 is 0 Å². The molecule has 2 heteroatoms. The first-order valence-electron chi connectivity index (χ1n) is 17.2. The molecule has 1 heterocycles. The highest BCUT2D eigenvalue weighted by molar-refractivity contribution is 6.25. The lowest BCUT2D eigenvalue weighted by atomic mass is 9.79. The zero-order chi connectivity index (χ0) is 32.5. The minimum absolute atomic E-state index is 0.205. The summed E-state index contributed by atoms with van der Waals surface area (Å²) in [6.45, 7) is 2.41. The number of hydrogen-bond acceptors (Lipinski definition) is 2. The molecule has 8 aromatic carbocycles. The van der Waals surface area contributed by atoms with E-state index < -0.39 is 0 Å². The van der Waals surface area contributed by atoms with Gasteiger partial charge in [-0.2, -0.15) is 0 Å². The van der Waals surface area contributed by atoms with Crippen LogP contribution in [-0.4, -0.2) is 5.54 Å². The third-order valence-corrected chi connectivity index (χ3v) is 10.8. The molecule has 0 saturated carbocycles. The normalized spacial score (nSPS) is 18.2. The van der Waals surface area contributed by atoms with Crippen molar-refractivity contribution in [2.24, 2.45) is 0 Å². The molecule has 232 valence electrons. The van der Waals surface area contributed by atoms with Crippen LogP contribution in [0, 0.1) is 0 Å². The van der Waals surface area contributed by atoms with Crippen LogP contribution in [0.1, 0.15) is 18.4 Å². The maximum atomic E-state index is 2.59. The van der Waals surface area contributed by atoms with Crippen molar-refractivity contribution in [2.75, 3.05) is 9.80 Å². The minimum Gasteiger partial charge on any atom is -0.330 e. The molecule has 0 bridgehead atoms. The van der Waals surface area contributed by atoms with Gasteiger partial charge in [-0.05, 0) is 98.7 Å². The highest BCUT2D eigenvalue weighted by atomic mass is 15.2. The Hall–Kier alpha value is -6.12. The van der Waals surface area contributed by atoms with Gasteiger partial charge < -0.3 is 9.80 Å². The summed E-state index contributed by atoms with van der Waals surface area (Å²) in [6, 6.07) is 59.8. The summed E-state index contributed by atoms with van der Waals surface area (Å²) in [7, 11) is 0. The van der Waals surface area contributed by atoms with Gasteiger partial charge in [0.25, 0.3) is 0 Å². The van der Waals surface area contributed by atoms with Crippen LogP contribution in [0.4, 0.5) is 22.7 Å². The van der Waals surface area contributed by atoms with Crippen molar-refractivity contribution < 1.29 is 0 Å².